The molecule has 0 radical (unpaired) electrons. The molecular formula is C15H13N5O3. The Labute approximate surface area is 130 Å². The van der Waals surface area contributed by atoms with E-state index in [1.807, 2.05) is 0 Å². The highest BCUT2D eigenvalue weighted by Crippen LogP contribution is 2.13. The van der Waals surface area contributed by atoms with Crippen LogP contribution in [0.15, 0.2) is 53.5 Å². The molecule has 1 amide bonds. The van der Waals surface area contributed by atoms with Crippen molar-refractivity contribution >= 4 is 11.7 Å². The molecule has 0 saturated heterocycles. The summed E-state index contributed by atoms with van der Waals surface area (Å²) in [5.41, 5.74) is 0.00488. The van der Waals surface area contributed by atoms with Crippen molar-refractivity contribution in [1.29, 1.82) is 0 Å². The summed E-state index contributed by atoms with van der Waals surface area (Å²) >= 11 is 0. The first-order valence-electron chi connectivity index (χ1n) is 6.73. The van der Waals surface area contributed by atoms with Crippen LogP contribution in [-0.4, -0.2) is 32.8 Å². The average molecular weight is 311 g/mol. The largest absolute Gasteiger partial charge is 0.497 e. The van der Waals surface area contributed by atoms with E-state index in [0.717, 1.165) is 4.68 Å². The maximum atomic E-state index is 12.1. The predicted octanol–water partition coefficient (Wildman–Crippen LogP) is 1.22. The van der Waals surface area contributed by atoms with Crippen LogP contribution >= 0.6 is 0 Å². The summed E-state index contributed by atoms with van der Waals surface area (Å²) in [5, 5.41) is 6.55. The topological polar surface area (TPSA) is 102 Å². The number of hydrogen-bond acceptors (Lipinski definition) is 5. The van der Waals surface area contributed by atoms with Crippen molar-refractivity contribution in [2.45, 2.75) is 0 Å². The standard InChI is InChI=1S/C15H13N5O3/c1-23-11-7-5-10(6-8-11)20-15(22)18-13(19-20)14(21)17-12-4-2-3-9-16-12/h2-9H,1H3,(H,16,17,21)(H,18,19,22). The lowest BCUT2D eigenvalue weighted by Gasteiger charge is -2.02. The molecule has 3 aromatic rings. The molecule has 0 fully saturated rings. The maximum Gasteiger partial charge on any atom is 0.348 e. The number of nitrogens with one attached hydrogen (secondary N) is 2. The van der Waals surface area contributed by atoms with Crippen LogP contribution in [0.25, 0.3) is 5.69 Å². The van der Waals surface area contributed by atoms with Crippen LogP contribution in [0, 0.1) is 0 Å². The smallest absolute Gasteiger partial charge is 0.348 e. The lowest BCUT2D eigenvalue weighted by atomic mass is 10.3. The van der Waals surface area contributed by atoms with Crippen LogP contribution < -0.4 is 15.7 Å². The van der Waals surface area contributed by atoms with E-state index in [-0.39, 0.29) is 5.82 Å². The van der Waals surface area contributed by atoms with Gasteiger partial charge in [-0.05, 0) is 36.4 Å². The predicted molar refractivity (Wildman–Crippen MR) is 82.9 cm³/mol. The zero-order chi connectivity index (χ0) is 16.2. The molecule has 0 aliphatic carbocycles. The number of nitrogens with zero attached hydrogens (tertiary/aromatic N) is 3. The summed E-state index contributed by atoms with van der Waals surface area (Å²) in [7, 11) is 1.55. The quantitative estimate of drug-likeness (QED) is 0.754. The Morgan fingerprint density at radius 3 is 2.65 bits per heavy atom. The number of benzene rings is 1. The van der Waals surface area contributed by atoms with E-state index >= 15 is 0 Å². The number of carbonyl (C=O) groups is 1. The molecule has 0 bridgehead atoms. The van der Waals surface area contributed by atoms with Gasteiger partial charge in [0.2, 0.25) is 5.82 Å². The minimum Gasteiger partial charge on any atom is -0.497 e. The molecule has 8 nitrogen and oxygen atoms in total. The zero-order valence-electron chi connectivity index (χ0n) is 12.2. The lowest BCUT2D eigenvalue weighted by Crippen LogP contribution is -2.16. The van der Waals surface area contributed by atoms with Crippen LogP contribution in [0.1, 0.15) is 10.6 Å². The van der Waals surface area contributed by atoms with Crippen molar-refractivity contribution in [3.63, 3.8) is 0 Å². The SMILES string of the molecule is COc1ccc(-n2nc(C(=O)Nc3ccccn3)[nH]c2=O)cc1. The van der Waals surface area contributed by atoms with Crippen molar-refractivity contribution < 1.29 is 9.53 Å². The third-order valence-corrected chi connectivity index (χ3v) is 3.06. The fourth-order valence-electron chi connectivity index (χ4n) is 1.94. The van der Waals surface area contributed by atoms with Gasteiger partial charge in [0.05, 0.1) is 12.8 Å². The Hall–Kier alpha value is -3.42. The number of carbonyl (C=O) groups excluding carboxylic acids is 1. The first kappa shape index (κ1) is 14.5. The van der Waals surface area contributed by atoms with Crippen molar-refractivity contribution in [3.8, 4) is 11.4 Å². The summed E-state index contributed by atoms with van der Waals surface area (Å²) in [6.07, 6.45) is 1.55. The van der Waals surface area contributed by atoms with E-state index in [1.54, 1.807) is 55.8 Å². The Bertz CT molecular complexity index is 868. The first-order chi connectivity index (χ1) is 11.2. The van der Waals surface area contributed by atoms with Gasteiger partial charge in [-0.3, -0.25) is 9.78 Å². The number of hydrogen-bond donors (Lipinski definition) is 2. The number of aromatic amines is 1. The lowest BCUT2D eigenvalue weighted by molar-refractivity contribution is 0.101. The fourth-order valence-corrected chi connectivity index (χ4v) is 1.94. The number of anilines is 1. The minimum atomic E-state index is -0.548. The number of methoxy groups -OCH3 is 1. The third-order valence-electron chi connectivity index (χ3n) is 3.06. The number of ether oxygens (including phenoxy) is 1. The van der Waals surface area contributed by atoms with Crippen molar-refractivity contribution in [2.24, 2.45) is 0 Å². The van der Waals surface area contributed by atoms with Gasteiger partial charge >= 0.3 is 5.69 Å². The van der Waals surface area contributed by atoms with E-state index in [0.29, 0.717) is 17.3 Å². The third kappa shape index (κ3) is 3.10. The van der Waals surface area contributed by atoms with Crippen LogP contribution in [-0.2, 0) is 0 Å². The molecule has 8 heteroatoms. The summed E-state index contributed by atoms with van der Waals surface area (Å²) in [6, 6.07) is 11.8. The maximum absolute atomic E-state index is 12.1. The Kier molecular flexibility index (Phi) is 3.88. The molecule has 116 valence electrons. The molecule has 1 aromatic carbocycles. The highest BCUT2D eigenvalue weighted by Gasteiger charge is 2.14. The second-order valence-electron chi connectivity index (χ2n) is 4.56. The highest BCUT2D eigenvalue weighted by atomic mass is 16.5. The summed E-state index contributed by atoms with van der Waals surface area (Å²) in [4.78, 5) is 30.5. The number of rotatable bonds is 4. The van der Waals surface area contributed by atoms with Crippen molar-refractivity contribution in [2.75, 3.05) is 12.4 Å². The molecule has 2 heterocycles. The molecule has 23 heavy (non-hydrogen) atoms. The van der Waals surface area contributed by atoms with E-state index < -0.39 is 11.6 Å². The van der Waals surface area contributed by atoms with Gasteiger partial charge in [0.25, 0.3) is 5.91 Å². The van der Waals surface area contributed by atoms with Gasteiger partial charge in [0.15, 0.2) is 0 Å². The van der Waals surface area contributed by atoms with E-state index in [4.69, 9.17) is 4.74 Å². The zero-order valence-corrected chi connectivity index (χ0v) is 12.2. The van der Waals surface area contributed by atoms with Crippen LogP contribution in [0.3, 0.4) is 0 Å². The second-order valence-corrected chi connectivity index (χ2v) is 4.56. The molecular weight excluding hydrogens is 298 g/mol. The van der Waals surface area contributed by atoms with Gasteiger partial charge in [-0.1, -0.05) is 6.07 Å². The monoisotopic (exact) mass is 311 g/mol. The van der Waals surface area contributed by atoms with Gasteiger partial charge in [-0.2, -0.15) is 4.68 Å². The minimum absolute atomic E-state index is 0.100. The molecule has 0 aliphatic rings. The summed E-state index contributed by atoms with van der Waals surface area (Å²) in [5.74, 6) is 0.382. The summed E-state index contributed by atoms with van der Waals surface area (Å²) in [6.45, 7) is 0. The second kappa shape index (κ2) is 6.14. The molecule has 0 spiro atoms. The van der Waals surface area contributed by atoms with E-state index in [9.17, 15) is 9.59 Å². The van der Waals surface area contributed by atoms with Crippen LogP contribution in [0.5, 0.6) is 5.75 Å². The molecule has 0 atom stereocenters. The number of amides is 1. The van der Waals surface area contributed by atoms with Crippen LogP contribution in [0.2, 0.25) is 0 Å². The van der Waals surface area contributed by atoms with Crippen LogP contribution in [0.4, 0.5) is 5.82 Å². The normalized spacial score (nSPS) is 10.3. The summed E-state index contributed by atoms with van der Waals surface area (Å²) < 4.78 is 6.16. The van der Waals surface area contributed by atoms with Gasteiger partial charge in [-0.15, -0.1) is 5.10 Å². The highest BCUT2D eigenvalue weighted by molar-refractivity contribution is 6.00. The average Bonchev–Trinajstić information content (AvgIpc) is 2.98. The van der Waals surface area contributed by atoms with Gasteiger partial charge in [0, 0.05) is 6.20 Å². The molecule has 0 aliphatic heterocycles. The fraction of sp³-hybridized carbons (Fsp3) is 0.0667. The van der Waals surface area contributed by atoms with Gasteiger partial charge < -0.3 is 10.1 Å². The number of aromatic nitrogens is 4. The number of H-pyrrole nitrogens is 1. The van der Waals surface area contributed by atoms with Gasteiger partial charge in [-0.25, -0.2) is 9.78 Å². The molecule has 0 unspecified atom stereocenters. The van der Waals surface area contributed by atoms with E-state index in [2.05, 4.69) is 20.4 Å². The number of pyridine rings is 1. The van der Waals surface area contributed by atoms with E-state index in [1.165, 1.54) is 0 Å². The van der Waals surface area contributed by atoms with Crippen molar-refractivity contribution in [3.05, 3.63) is 65.0 Å². The molecule has 3 rings (SSSR count). The Morgan fingerprint density at radius 1 is 1.22 bits per heavy atom. The molecule has 2 N–H and O–H groups in total. The Morgan fingerprint density at radius 2 is 2.00 bits per heavy atom. The Balaban J connectivity index is 1.85. The first-order valence-corrected chi connectivity index (χ1v) is 6.73. The molecule has 2 aromatic heterocycles. The van der Waals surface area contributed by atoms with Gasteiger partial charge in [0.1, 0.15) is 11.6 Å². The van der Waals surface area contributed by atoms with Crippen molar-refractivity contribution in [1.82, 2.24) is 19.7 Å². The molecule has 0 saturated carbocycles.